The summed E-state index contributed by atoms with van der Waals surface area (Å²) in [6.07, 6.45) is 0. The summed E-state index contributed by atoms with van der Waals surface area (Å²) in [6, 6.07) is 18.1. The van der Waals surface area contributed by atoms with Crippen molar-refractivity contribution in [1.29, 1.82) is 15.8 Å². The van der Waals surface area contributed by atoms with E-state index in [1.807, 2.05) is 49.3 Å². The number of aromatic nitrogens is 1. The van der Waals surface area contributed by atoms with Crippen LogP contribution in [0.15, 0.2) is 58.2 Å². The first kappa shape index (κ1) is 17.5. The SMILES string of the molecule is CN(C)c1ccc(-c2nc3cc(NC(C#N)=C(C#N)C#N)ccc3o2)cc1. The second-order valence-corrected chi connectivity index (χ2v) is 5.85. The normalized spacial score (nSPS) is 9.74. The molecule has 0 saturated carbocycles. The maximum Gasteiger partial charge on any atom is 0.227 e. The highest BCUT2D eigenvalue weighted by Gasteiger charge is 2.11. The first-order valence-corrected chi connectivity index (χ1v) is 7.95. The first-order valence-electron chi connectivity index (χ1n) is 7.95. The Bertz CT molecular complexity index is 1130. The Kier molecular flexibility index (Phi) is 4.75. The van der Waals surface area contributed by atoms with Crippen molar-refractivity contribution in [1.82, 2.24) is 4.98 Å². The lowest BCUT2D eigenvalue weighted by Crippen LogP contribution is -2.07. The summed E-state index contributed by atoms with van der Waals surface area (Å²) in [6.45, 7) is 0. The number of allylic oxidation sites excluding steroid dienone is 2. The molecule has 1 aromatic heterocycles. The zero-order valence-electron chi connectivity index (χ0n) is 14.7. The van der Waals surface area contributed by atoms with Gasteiger partial charge in [0.25, 0.3) is 0 Å². The molecule has 0 aliphatic heterocycles. The lowest BCUT2D eigenvalue weighted by molar-refractivity contribution is 0.620. The van der Waals surface area contributed by atoms with Gasteiger partial charge in [0.2, 0.25) is 5.89 Å². The average Bonchev–Trinajstić information content (AvgIpc) is 3.11. The van der Waals surface area contributed by atoms with Crippen molar-refractivity contribution in [2.75, 3.05) is 24.3 Å². The van der Waals surface area contributed by atoms with Crippen LogP contribution in [0.2, 0.25) is 0 Å². The first-order chi connectivity index (χ1) is 13.0. The summed E-state index contributed by atoms with van der Waals surface area (Å²) in [5.74, 6) is 0.484. The topological polar surface area (TPSA) is 113 Å². The molecule has 0 unspecified atom stereocenters. The summed E-state index contributed by atoms with van der Waals surface area (Å²) >= 11 is 0. The van der Waals surface area contributed by atoms with Gasteiger partial charge in [-0.05, 0) is 42.5 Å². The Morgan fingerprint density at radius 2 is 1.70 bits per heavy atom. The maximum absolute atomic E-state index is 9.14. The molecule has 1 N–H and O–H groups in total. The number of hydrogen-bond acceptors (Lipinski definition) is 7. The van der Waals surface area contributed by atoms with Gasteiger partial charge in [-0.2, -0.15) is 15.8 Å². The van der Waals surface area contributed by atoms with Crippen molar-refractivity contribution in [3.63, 3.8) is 0 Å². The van der Waals surface area contributed by atoms with E-state index in [0.29, 0.717) is 22.7 Å². The molecule has 7 heteroatoms. The van der Waals surface area contributed by atoms with E-state index in [4.69, 9.17) is 20.2 Å². The number of benzene rings is 2. The van der Waals surface area contributed by atoms with Crippen LogP contribution >= 0.6 is 0 Å². The number of rotatable bonds is 4. The summed E-state index contributed by atoms with van der Waals surface area (Å²) < 4.78 is 5.80. The maximum atomic E-state index is 9.14. The molecule has 27 heavy (non-hydrogen) atoms. The highest BCUT2D eigenvalue weighted by molar-refractivity contribution is 5.81. The van der Waals surface area contributed by atoms with E-state index in [1.54, 1.807) is 30.3 Å². The second-order valence-electron chi connectivity index (χ2n) is 5.85. The van der Waals surface area contributed by atoms with Crippen molar-refractivity contribution in [2.45, 2.75) is 0 Å². The minimum Gasteiger partial charge on any atom is -0.436 e. The van der Waals surface area contributed by atoms with Crippen molar-refractivity contribution < 1.29 is 4.42 Å². The third-order valence-corrected chi connectivity index (χ3v) is 3.87. The van der Waals surface area contributed by atoms with Gasteiger partial charge >= 0.3 is 0 Å². The minimum absolute atomic E-state index is 0.109. The van der Waals surface area contributed by atoms with E-state index >= 15 is 0 Å². The van der Waals surface area contributed by atoms with Gasteiger partial charge < -0.3 is 14.6 Å². The predicted octanol–water partition coefficient (Wildman–Crippen LogP) is 3.80. The number of nitrogens with one attached hydrogen (secondary N) is 1. The Hall–Kier alpha value is -4.28. The lowest BCUT2D eigenvalue weighted by Gasteiger charge is -2.11. The van der Waals surface area contributed by atoms with Crippen LogP contribution in [0, 0.1) is 34.0 Å². The van der Waals surface area contributed by atoms with Gasteiger partial charge in [-0.1, -0.05) is 0 Å². The molecule has 0 amide bonds. The fraction of sp³-hybridized carbons (Fsp3) is 0.100. The summed E-state index contributed by atoms with van der Waals surface area (Å²) in [4.78, 5) is 6.49. The molecule has 0 atom stereocenters. The van der Waals surface area contributed by atoms with Gasteiger partial charge in [-0.15, -0.1) is 0 Å². The molecular weight excluding hydrogens is 340 g/mol. The van der Waals surface area contributed by atoms with Gasteiger partial charge in [-0.3, -0.25) is 0 Å². The van der Waals surface area contributed by atoms with Crippen molar-refractivity contribution in [3.05, 3.63) is 53.7 Å². The molecule has 130 valence electrons. The van der Waals surface area contributed by atoms with E-state index in [9.17, 15) is 0 Å². The smallest absolute Gasteiger partial charge is 0.227 e. The predicted molar refractivity (Wildman–Crippen MR) is 101 cm³/mol. The standard InChI is InChI=1S/C20H14N6O/c1-26(2)16-6-3-13(4-7-16)20-25-17-9-15(5-8-19(17)27-20)24-18(12-23)14(10-21)11-22/h3-9,24H,1-2H3. The molecule has 3 rings (SSSR count). The number of fused-ring (bicyclic) bond motifs is 1. The Labute approximate surface area is 156 Å². The Morgan fingerprint density at radius 1 is 1.00 bits per heavy atom. The van der Waals surface area contributed by atoms with E-state index in [2.05, 4.69) is 10.3 Å². The summed E-state index contributed by atoms with van der Waals surface area (Å²) in [7, 11) is 3.94. The van der Waals surface area contributed by atoms with Gasteiger partial charge in [0.05, 0.1) is 0 Å². The average molecular weight is 354 g/mol. The van der Waals surface area contributed by atoms with Crippen LogP contribution in [0.3, 0.4) is 0 Å². The fourth-order valence-corrected chi connectivity index (χ4v) is 2.46. The zero-order valence-corrected chi connectivity index (χ0v) is 14.7. The van der Waals surface area contributed by atoms with Gasteiger partial charge in [0, 0.05) is 31.0 Å². The Balaban J connectivity index is 1.94. The molecule has 0 saturated heterocycles. The van der Waals surface area contributed by atoms with Gasteiger partial charge in [-0.25, -0.2) is 4.98 Å². The molecule has 0 spiro atoms. The van der Waals surface area contributed by atoms with Gasteiger partial charge in [0.1, 0.15) is 29.4 Å². The molecule has 0 fully saturated rings. The number of hydrogen-bond donors (Lipinski definition) is 1. The van der Waals surface area contributed by atoms with Crippen LogP contribution in [0.4, 0.5) is 11.4 Å². The van der Waals surface area contributed by atoms with Crippen LogP contribution < -0.4 is 10.2 Å². The van der Waals surface area contributed by atoms with Crippen molar-refractivity contribution in [2.24, 2.45) is 0 Å². The van der Waals surface area contributed by atoms with E-state index in [0.717, 1.165) is 11.3 Å². The monoisotopic (exact) mass is 354 g/mol. The van der Waals surface area contributed by atoms with Crippen molar-refractivity contribution in [3.8, 4) is 29.7 Å². The molecule has 0 radical (unpaired) electrons. The number of nitriles is 3. The number of oxazole rings is 1. The van der Waals surface area contributed by atoms with Crippen LogP contribution in [-0.2, 0) is 0 Å². The minimum atomic E-state index is -0.278. The third-order valence-electron chi connectivity index (χ3n) is 3.87. The van der Waals surface area contributed by atoms with E-state index in [-0.39, 0.29) is 11.3 Å². The van der Waals surface area contributed by atoms with Crippen LogP contribution in [0.1, 0.15) is 0 Å². The largest absolute Gasteiger partial charge is 0.436 e. The van der Waals surface area contributed by atoms with Gasteiger partial charge in [0.15, 0.2) is 11.2 Å². The number of nitrogens with zero attached hydrogens (tertiary/aromatic N) is 5. The van der Waals surface area contributed by atoms with Crippen LogP contribution in [0.5, 0.6) is 0 Å². The second kappa shape index (κ2) is 7.31. The molecule has 1 heterocycles. The summed E-state index contributed by atoms with van der Waals surface area (Å²) in [5, 5.41) is 29.7. The molecule has 0 bridgehead atoms. The number of anilines is 2. The van der Waals surface area contributed by atoms with Crippen LogP contribution in [0.25, 0.3) is 22.6 Å². The highest BCUT2D eigenvalue weighted by Crippen LogP contribution is 2.28. The molecule has 3 aromatic rings. The Morgan fingerprint density at radius 3 is 2.30 bits per heavy atom. The van der Waals surface area contributed by atoms with Crippen molar-refractivity contribution >= 4 is 22.5 Å². The fourth-order valence-electron chi connectivity index (χ4n) is 2.46. The molecule has 0 aliphatic carbocycles. The molecule has 0 aliphatic rings. The van der Waals surface area contributed by atoms with E-state index < -0.39 is 0 Å². The van der Waals surface area contributed by atoms with E-state index in [1.165, 1.54) is 0 Å². The van der Waals surface area contributed by atoms with Crippen LogP contribution in [-0.4, -0.2) is 19.1 Å². The zero-order chi connectivity index (χ0) is 19.4. The summed E-state index contributed by atoms with van der Waals surface area (Å²) in [5.41, 5.74) is 3.25. The molecular formula is C20H14N6O. The lowest BCUT2D eigenvalue weighted by atomic mass is 10.2. The third kappa shape index (κ3) is 3.56. The quantitative estimate of drug-likeness (QED) is 0.709. The molecule has 7 nitrogen and oxygen atoms in total. The molecule has 2 aromatic carbocycles. The highest BCUT2D eigenvalue weighted by atomic mass is 16.3.